The number of nitriles is 1. The third kappa shape index (κ3) is 4.66. The van der Waals surface area contributed by atoms with E-state index in [4.69, 9.17) is 10.5 Å². The van der Waals surface area contributed by atoms with Crippen LogP contribution < -0.4 is 5.73 Å². The fraction of sp³-hybridized carbons (Fsp3) is 0.208. The van der Waals surface area contributed by atoms with Gasteiger partial charge in [-0.15, -0.1) is 21.5 Å². The van der Waals surface area contributed by atoms with E-state index in [-0.39, 0.29) is 6.61 Å². The summed E-state index contributed by atoms with van der Waals surface area (Å²) in [7, 11) is 0. The van der Waals surface area contributed by atoms with Gasteiger partial charge in [-0.05, 0) is 43.2 Å². The van der Waals surface area contributed by atoms with Gasteiger partial charge in [-0.2, -0.15) is 5.26 Å². The summed E-state index contributed by atoms with van der Waals surface area (Å²) < 4.78 is 7.13. The van der Waals surface area contributed by atoms with E-state index < -0.39 is 5.97 Å². The van der Waals surface area contributed by atoms with E-state index in [0.717, 1.165) is 29.0 Å². The molecule has 8 nitrogen and oxygen atoms in total. The quantitative estimate of drug-likeness (QED) is 0.274. The van der Waals surface area contributed by atoms with Gasteiger partial charge in [0.15, 0.2) is 11.0 Å². The van der Waals surface area contributed by atoms with E-state index in [9.17, 15) is 10.1 Å². The number of thioether (sulfide) groups is 1. The molecule has 0 aliphatic rings. The average molecular weight is 491 g/mol. The van der Waals surface area contributed by atoms with Gasteiger partial charge in [0.2, 0.25) is 0 Å². The lowest BCUT2D eigenvalue weighted by atomic mass is 10.1. The number of nitrogens with zero attached hydrogens (tertiary/aromatic N) is 5. The first-order valence-electron chi connectivity index (χ1n) is 10.6. The minimum Gasteiger partial charge on any atom is -0.462 e. The van der Waals surface area contributed by atoms with Crippen molar-refractivity contribution in [3.05, 3.63) is 70.4 Å². The number of thiophene rings is 1. The maximum Gasteiger partial charge on any atom is 0.348 e. The molecule has 2 N–H and O–H groups in total. The summed E-state index contributed by atoms with van der Waals surface area (Å²) in [6, 6.07) is 14.1. The average Bonchev–Trinajstić information content (AvgIpc) is 3.43. The molecule has 3 heterocycles. The molecule has 0 saturated heterocycles. The van der Waals surface area contributed by atoms with Crippen molar-refractivity contribution in [2.24, 2.45) is 0 Å². The van der Waals surface area contributed by atoms with Crippen molar-refractivity contribution >= 4 is 34.1 Å². The van der Waals surface area contributed by atoms with Crippen molar-refractivity contribution in [2.45, 2.75) is 31.2 Å². The Labute approximate surface area is 205 Å². The van der Waals surface area contributed by atoms with Crippen LogP contribution >= 0.6 is 23.1 Å². The summed E-state index contributed by atoms with van der Waals surface area (Å²) >= 11 is 2.45. The van der Waals surface area contributed by atoms with Gasteiger partial charge in [0.05, 0.1) is 12.2 Å². The zero-order valence-electron chi connectivity index (χ0n) is 18.7. The van der Waals surface area contributed by atoms with Crippen LogP contribution in [0.5, 0.6) is 0 Å². The second-order valence-corrected chi connectivity index (χ2v) is 9.16. The van der Waals surface area contributed by atoms with Gasteiger partial charge in [-0.25, -0.2) is 4.79 Å². The number of hydrogen-bond acceptors (Lipinski definition) is 9. The Bertz CT molecular complexity index is 1340. The molecular formula is C24H22N6O2S2. The normalized spacial score (nSPS) is 10.7. The molecule has 0 radical (unpaired) electrons. The van der Waals surface area contributed by atoms with Crippen LogP contribution in [0.1, 0.15) is 40.2 Å². The maximum absolute atomic E-state index is 12.5. The number of carbonyl (C=O) groups is 1. The Morgan fingerprint density at radius 2 is 1.91 bits per heavy atom. The number of nitrogen functional groups attached to an aromatic ring is 1. The molecule has 0 fully saturated rings. The largest absolute Gasteiger partial charge is 0.462 e. The molecule has 0 amide bonds. The first-order chi connectivity index (χ1) is 16.6. The molecular weight excluding hydrogens is 468 g/mol. The lowest BCUT2D eigenvalue weighted by Crippen LogP contribution is -2.06. The lowest BCUT2D eigenvalue weighted by Gasteiger charge is -2.11. The topological polar surface area (TPSA) is 120 Å². The van der Waals surface area contributed by atoms with Crippen molar-refractivity contribution in [1.82, 2.24) is 19.7 Å². The monoisotopic (exact) mass is 490 g/mol. The van der Waals surface area contributed by atoms with Gasteiger partial charge in [0.1, 0.15) is 15.9 Å². The highest BCUT2D eigenvalue weighted by Crippen LogP contribution is 2.36. The van der Waals surface area contributed by atoms with E-state index in [2.05, 4.69) is 40.3 Å². The number of hydrogen-bond donors (Lipinski definition) is 1. The van der Waals surface area contributed by atoms with Crippen LogP contribution in [0.3, 0.4) is 0 Å². The van der Waals surface area contributed by atoms with Crippen LogP contribution in [0.4, 0.5) is 5.00 Å². The number of aryl methyl sites for hydroxylation is 1. The SMILES string of the molecule is CCOC(=O)c1sc(N)c(C#N)c1CSc1nnc(-c2ccncc2)n1-c1ccc(CC)cc1. The number of ether oxygens (including phenoxy) is 1. The second kappa shape index (κ2) is 10.5. The Kier molecular flexibility index (Phi) is 7.25. The highest BCUT2D eigenvalue weighted by atomic mass is 32.2. The molecule has 0 atom stereocenters. The van der Waals surface area contributed by atoms with Crippen LogP contribution in [-0.2, 0) is 16.9 Å². The smallest absolute Gasteiger partial charge is 0.348 e. The van der Waals surface area contributed by atoms with Crippen LogP contribution in [0.15, 0.2) is 53.9 Å². The maximum atomic E-state index is 12.5. The van der Waals surface area contributed by atoms with E-state index in [1.165, 1.54) is 17.3 Å². The number of esters is 1. The molecule has 10 heteroatoms. The molecule has 34 heavy (non-hydrogen) atoms. The summed E-state index contributed by atoms with van der Waals surface area (Å²) in [5.74, 6) is 0.502. The number of benzene rings is 1. The number of anilines is 1. The number of nitrogens with two attached hydrogens (primary N) is 1. The fourth-order valence-electron chi connectivity index (χ4n) is 3.41. The van der Waals surface area contributed by atoms with Crippen LogP contribution in [0.2, 0.25) is 0 Å². The van der Waals surface area contributed by atoms with Crippen molar-refractivity contribution < 1.29 is 9.53 Å². The molecule has 0 saturated carbocycles. The molecule has 0 bridgehead atoms. The van der Waals surface area contributed by atoms with E-state index in [1.807, 2.05) is 28.8 Å². The Morgan fingerprint density at radius 1 is 1.18 bits per heavy atom. The summed E-state index contributed by atoms with van der Waals surface area (Å²) in [5, 5.41) is 19.4. The highest BCUT2D eigenvalue weighted by Gasteiger charge is 2.24. The predicted octanol–water partition coefficient (Wildman–Crippen LogP) is 4.88. The van der Waals surface area contributed by atoms with E-state index in [0.29, 0.717) is 37.7 Å². The van der Waals surface area contributed by atoms with Crippen molar-refractivity contribution in [3.63, 3.8) is 0 Å². The number of carbonyl (C=O) groups excluding carboxylic acids is 1. The Hall–Kier alpha value is -3.68. The minimum atomic E-state index is -0.481. The third-order valence-electron chi connectivity index (χ3n) is 5.13. The van der Waals surface area contributed by atoms with E-state index in [1.54, 1.807) is 19.3 Å². The first kappa shape index (κ1) is 23.5. The van der Waals surface area contributed by atoms with Gasteiger partial charge < -0.3 is 10.5 Å². The summed E-state index contributed by atoms with van der Waals surface area (Å²) in [6.07, 6.45) is 4.36. The predicted molar refractivity (Wildman–Crippen MR) is 133 cm³/mol. The molecule has 1 aromatic carbocycles. The zero-order chi connectivity index (χ0) is 24.1. The fourth-order valence-corrected chi connectivity index (χ4v) is 5.41. The van der Waals surface area contributed by atoms with Gasteiger partial charge in [-0.1, -0.05) is 30.8 Å². The van der Waals surface area contributed by atoms with Crippen LogP contribution in [0, 0.1) is 11.3 Å². The number of rotatable bonds is 8. The molecule has 3 aromatic heterocycles. The lowest BCUT2D eigenvalue weighted by molar-refractivity contribution is 0.0531. The molecule has 0 unspecified atom stereocenters. The van der Waals surface area contributed by atoms with Crippen molar-refractivity contribution in [1.29, 1.82) is 5.26 Å². The van der Waals surface area contributed by atoms with Crippen molar-refractivity contribution in [2.75, 3.05) is 12.3 Å². The standard InChI is InChI=1S/C24H22N6O2S2/c1-3-15-5-7-17(8-6-15)30-22(16-9-11-27-12-10-16)28-29-24(30)33-14-19-18(13-25)21(26)34-20(19)23(31)32-4-2/h5-12H,3-4,14,26H2,1-2H3. The molecule has 172 valence electrons. The second-order valence-electron chi connectivity index (χ2n) is 7.17. The molecule has 4 rings (SSSR count). The molecule has 0 aliphatic carbocycles. The van der Waals surface area contributed by atoms with Crippen LogP contribution in [-0.4, -0.2) is 32.3 Å². The molecule has 0 spiro atoms. The zero-order valence-corrected chi connectivity index (χ0v) is 20.3. The highest BCUT2D eigenvalue weighted by molar-refractivity contribution is 7.98. The summed E-state index contributed by atoms with van der Waals surface area (Å²) in [4.78, 5) is 16.9. The van der Waals surface area contributed by atoms with E-state index >= 15 is 0 Å². The minimum absolute atomic E-state index is 0.239. The van der Waals surface area contributed by atoms with Crippen molar-refractivity contribution in [3.8, 4) is 23.1 Å². The summed E-state index contributed by atoms with van der Waals surface area (Å²) in [6.45, 7) is 4.09. The Balaban J connectivity index is 1.74. The molecule has 0 aliphatic heterocycles. The van der Waals surface area contributed by atoms with Gasteiger partial charge in [0.25, 0.3) is 0 Å². The third-order valence-corrected chi connectivity index (χ3v) is 7.12. The number of aromatic nitrogens is 4. The first-order valence-corrected chi connectivity index (χ1v) is 12.4. The van der Waals surface area contributed by atoms with Gasteiger partial charge in [-0.3, -0.25) is 9.55 Å². The summed E-state index contributed by atoms with van der Waals surface area (Å²) in [5.41, 5.74) is 9.88. The number of pyridine rings is 1. The Morgan fingerprint density at radius 3 is 2.56 bits per heavy atom. The van der Waals surface area contributed by atoms with Crippen LogP contribution in [0.25, 0.3) is 17.1 Å². The van der Waals surface area contributed by atoms with Gasteiger partial charge >= 0.3 is 5.97 Å². The molecule has 4 aromatic rings. The van der Waals surface area contributed by atoms with Gasteiger partial charge in [0, 0.05) is 35.0 Å².